The third-order valence-corrected chi connectivity index (χ3v) is 3.17. The Morgan fingerprint density at radius 3 is 2.60 bits per heavy atom. The molecule has 20 heavy (non-hydrogen) atoms. The SMILES string of the molecule is COC(=O)CCCc1nnc(NC(=O)C(C)(C)N)s1.Cl. The summed E-state index contributed by atoms with van der Waals surface area (Å²) >= 11 is 1.27. The van der Waals surface area contributed by atoms with Crippen LogP contribution in [0.4, 0.5) is 5.13 Å². The van der Waals surface area contributed by atoms with Gasteiger partial charge >= 0.3 is 5.97 Å². The molecular formula is C11H19ClN4O3S. The molecule has 0 spiro atoms. The Balaban J connectivity index is 0.00000361. The van der Waals surface area contributed by atoms with Gasteiger partial charge in [0.1, 0.15) is 5.01 Å². The number of hydrogen-bond donors (Lipinski definition) is 2. The van der Waals surface area contributed by atoms with Crippen molar-refractivity contribution in [1.29, 1.82) is 0 Å². The number of aryl methyl sites for hydroxylation is 1. The van der Waals surface area contributed by atoms with E-state index < -0.39 is 5.54 Å². The van der Waals surface area contributed by atoms with E-state index in [9.17, 15) is 9.59 Å². The lowest BCUT2D eigenvalue weighted by Crippen LogP contribution is -2.45. The summed E-state index contributed by atoms with van der Waals surface area (Å²) in [6.45, 7) is 3.22. The highest BCUT2D eigenvalue weighted by molar-refractivity contribution is 7.15. The summed E-state index contributed by atoms with van der Waals surface area (Å²) in [5.41, 5.74) is 4.69. The molecule has 0 radical (unpaired) electrons. The maximum absolute atomic E-state index is 11.6. The van der Waals surface area contributed by atoms with Gasteiger partial charge in [-0.2, -0.15) is 0 Å². The van der Waals surface area contributed by atoms with Gasteiger partial charge in [-0.05, 0) is 20.3 Å². The molecule has 1 aromatic heterocycles. The number of halogens is 1. The van der Waals surface area contributed by atoms with Crippen molar-refractivity contribution in [3.63, 3.8) is 0 Å². The van der Waals surface area contributed by atoms with Crippen LogP contribution < -0.4 is 11.1 Å². The smallest absolute Gasteiger partial charge is 0.305 e. The third-order valence-electron chi connectivity index (χ3n) is 2.27. The Morgan fingerprint density at radius 1 is 1.40 bits per heavy atom. The van der Waals surface area contributed by atoms with E-state index >= 15 is 0 Å². The van der Waals surface area contributed by atoms with Gasteiger partial charge in [-0.3, -0.25) is 14.9 Å². The van der Waals surface area contributed by atoms with Crippen LogP contribution in [0.2, 0.25) is 0 Å². The minimum atomic E-state index is -0.962. The van der Waals surface area contributed by atoms with E-state index in [-0.39, 0.29) is 24.3 Å². The maximum atomic E-state index is 11.6. The maximum Gasteiger partial charge on any atom is 0.305 e. The molecule has 0 unspecified atom stereocenters. The lowest BCUT2D eigenvalue weighted by molar-refractivity contribution is -0.140. The van der Waals surface area contributed by atoms with Crippen LogP contribution in [0.15, 0.2) is 0 Å². The number of amides is 1. The van der Waals surface area contributed by atoms with Crippen LogP contribution in [0.3, 0.4) is 0 Å². The molecule has 0 aliphatic heterocycles. The lowest BCUT2D eigenvalue weighted by atomic mass is 10.1. The summed E-state index contributed by atoms with van der Waals surface area (Å²) in [6, 6.07) is 0. The first-order chi connectivity index (χ1) is 8.82. The summed E-state index contributed by atoms with van der Waals surface area (Å²) in [7, 11) is 1.36. The lowest BCUT2D eigenvalue weighted by Gasteiger charge is -2.15. The number of nitrogens with two attached hydrogens (primary N) is 1. The van der Waals surface area contributed by atoms with Crippen LogP contribution in [0.1, 0.15) is 31.7 Å². The van der Waals surface area contributed by atoms with Crippen molar-refractivity contribution >= 4 is 40.8 Å². The molecule has 114 valence electrons. The van der Waals surface area contributed by atoms with E-state index in [1.807, 2.05) is 0 Å². The van der Waals surface area contributed by atoms with Crippen molar-refractivity contribution in [2.24, 2.45) is 5.73 Å². The average Bonchev–Trinajstić information content (AvgIpc) is 2.75. The summed E-state index contributed by atoms with van der Waals surface area (Å²) in [6.07, 6.45) is 1.60. The molecule has 1 rings (SSSR count). The van der Waals surface area contributed by atoms with Gasteiger partial charge in [0.15, 0.2) is 0 Å². The van der Waals surface area contributed by atoms with E-state index in [2.05, 4.69) is 20.3 Å². The van der Waals surface area contributed by atoms with E-state index in [0.717, 1.165) is 5.01 Å². The van der Waals surface area contributed by atoms with Crippen LogP contribution in [-0.4, -0.2) is 34.7 Å². The standard InChI is InChI=1S/C11H18N4O3S.ClH/c1-11(2,12)9(17)13-10-15-14-7(19-10)5-4-6-8(16)18-3;/h4-6,12H2,1-3H3,(H,13,15,17);1H. The molecule has 1 aromatic rings. The summed E-state index contributed by atoms with van der Waals surface area (Å²) in [4.78, 5) is 22.6. The van der Waals surface area contributed by atoms with Gasteiger partial charge in [-0.25, -0.2) is 0 Å². The first-order valence-electron chi connectivity index (χ1n) is 5.82. The minimum absolute atomic E-state index is 0. The summed E-state index contributed by atoms with van der Waals surface area (Å²) in [5, 5.41) is 11.6. The molecule has 0 saturated heterocycles. The fourth-order valence-corrected chi connectivity index (χ4v) is 1.93. The van der Waals surface area contributed by atoms with E-state index in [1.54, 1.807) is 13.8 Å². The molecule has 0 aliphatic rings. The van der Waals surface area contributed by atoms with Crippen molar-refractivity contribution in [2.75, 3.05) is 12.4 Å². The Hall–Kier alpha value is -1.25. The average molecular weight is 323 g/mol. The number of aromatic nitrogens is 2. The fraction of sp³-hybridized carbons (Fsp3) is 0.636. The van der Waals surface area contributed by atoms with Gasteiger partial charge in [-0.15, -0.1) is 22.6 Å². The van der Waals surface area contributed by atoms with E-state index in [4.69, 9.17) is 5.73 Å². The number of methoxy groups -OCH3 is 1. The van der Waals surface area contributed by atoms with E-state index in [0.29, 0.717) is 24.4 Å². The van der Waals surface area contributed by atoms with Crippen molar-refractivity contribution < 1.29 is 14.3 Å². The van der Waals surface area contributed by atoms with Gasteiger partial charge in [0, 0.05) is 12.8 Å². The van der Waals surface area contributed by atoms with Gasteiger partial charge in [0.25, 0.3) is 0 Å². The zero-order valence-corrected chi connectivity index (χ0v) is 13.3. The second-order valence-corrected chi connectivity index (χ2v) is 5.67. The second kappa shape index (κ2) is 8.13. The molecule has 0 fully saturated rings. The predicted molar refractivity (Wildman–Crippen MR) is 79.0 cm³/mol. The molecule has 0 aromatic carbocycles. The summed E-state index contributed by atoms with van der Waals surface area (Å²) < 4.78 is 4.54. The van der Waals surface area contributed by atoms with Crippen molar-refractivity contribution in [3.8, 4) is 0 Å². The molecule has 9 heteroatoms. The van der Waals surface area contributed by atoms with Gasteiger partial charge in [-0.1, -0.05) is 11.3 Å². The van der Waals surface area contributed by atoms with Crippen molar-refractivity contribution in [3.05, 3.63) is 5.01 Å². The Labute approximate surface area is 127 Å². The zero-order chi connectivity index (χ0) is 14.5. The van der Waals surface area contributed by atoms with Gasteiger partial charge in [0.05, 0.1) is 12.6 Å². The first kappa shape index (κ1) is 18.8. The number of rotatable bonds is 6. The van der Waals surface area contributed by atoms with Crippen molar-refractivity contribution in [1.82, 2.24) is 10.2 Å². The molecule has 3 N–H and O–H groups in total. The van der Waals surface area contributed by atoms with Crippen LogP contribution >= 0.6 is 23.7 Å². The van der Waals surface area contributed by atoms with Crippen LogP contribution in [0.25, 0.3) is 0 Å². The topological polar surface area (TPSA) is 107 Å². The summed E-state index contributed by atoms with van der Waals surface area (Å²) in [5.74, 6) is -0.562. The Bertz CT molecular complexity index is 459. The largest absolute Gasteiger partial charge is 0.469 e. The van der Waals surface area contributed by atoms with E-state index in [1.165, 1.54) is 18.4 Å². The number of carbonyl (C=O) groups excluding carboxylic acids is 2. The molecule has 1 heterocycles. The van der Waals surface area contributed by atoms with Gasteiger partial charge in [0.2, 0.25) is 11.0 Å². The van der Waals surface area contributed by atoms with Crippen LogP contribution in [0, 0.1) is 0 Å². The fourth-order valence-electron chi connectivity index (χ4n) is 1.15. The molecule has 0 atom stereocenters. The number of nitrogens with zero attached hydrogens (tertiary/aromatic N) is 2. The Morgan fingerprint density at radius 2 is 2.05 bits per heavy atom. The molecule has 7 nitrogen and oxygen atoms in total. The molecule has 1 amide bonds. The molecule has 0 bridgehead atoms. The highest BCUT2D eigenvalue weighted by atomic mass is 35.5. The Kier molecular flexibility index (Phi) is 7.62. The van der Waals surface area contributed by atoms with Crippen LogP contribution in [0.5, 0.6) is 0 Å². The molecule has 0 aliphatic carbocycles. The highest BCUT2D eigenvalue weighted by Crippen LogP contribution is 2.18. The third kappa shape index (κ3) is 6.27. The normalized spacial score (nSPS) is 10.6. The quantitative estimate of drug-likeness (QED) is 0.760. The highest BCUT2D eigenvalue weighted by Gasteiger charge is 2.23. The number of hydrogen-bond acceptors (Lipinski definition) is 7. The molecular weight excluding hydrogens is 304 g/mol. The number of ether oxygens (including phenoxy) is 1. The molecule has 0 saturated carbocycles. The second-order valence-electron chi connectivity index (χ2n) is 4.61. The number of esters is 1. The number of nitrogens with one attached hydrogen (secondary N) is 1. The predicted octanol–water partition coefficient (Wildman–Crippen LogP) is 1.13. The monoisotopic (exact) mass is 322 g/mol. The first-order valence-corrected chi connectivity index (χ1v) is 6.64. The van der Waals surface area contributed by atoms with Crippen LogP contribution in [-0.2, 0) is 20.7 Å². The van der Waals surface area contributed by atoms with Crippen molar-refractivity contribution in [2.45, 2.75) is 38.6 Å². The number of carbonyl (C=O) groups is 2. The van der Waals surface area contributed by atoms with Gasteiger partial charge < -0.3 is 10.5 Å². The number of anilines is 1. The minimum Gasteiger partial charge on any atom is -0.469 e. The zero-order valence-electron chi connectivity index (χ0n) is 11.6.